The van der Waals surface area contributed by atoms with Gasteiger partial charge in [-0.2, -0.15) is 4.89 Å². The topological polar surface area (TPSA) is 114 Å². The monoisotopic (exact) mass is 400 g/mol. The van der Waals surface area contributed by atoms with Gasteiger partial charge >= 0.3 is 23.9 Å². The molecule has 0 unspecified atom stereocenters. The van der Waals surface area contributed by atoms with Gasteiger partial charge in [0, 0.05) is 0 Å². The first-order chi connectivity index (χ1) is 14.0. The van der Waals surface area contributed by atoms with E-state index < -0.39 is 23.9 Å². The number of carbonyl (C=O) groups is 4. The predicted octanol–water partition coefficient (Wildman–Crippen LogP) is 1.96. The molecule has 150 valence electrons. The van der Waals surface area contributed by atoms with Crippen LogP contribution in [-0.2, 0) is 24.0 Å². The van der Waals surface area contributed by atoms with Gasteiger partial charge in [-0.15, -0.1) is 0 Å². The maximum Gasteiger partial charge on any atom is 0.373 e. The Labute approximate surface area is 165 Å². The highest BCUT2D eigenvalue weighted by molar-refractivity contribution is 5.94. The zero-order valence-corrected chi connectivity index (χ0v) is 15.1. The summed E-state index contributed by atoms with van der Waals surface area (Å²) in [6.07, 6.45) is 0. The molecule has 2 aromatic carbocycles. The second kappa shape index (κ2) is 9.47. The Bertz CT molecular complexity index is 825. The minimum absolute atomic E-state index is 0.143. The van der Waals surface area contributed by atoms with E-state index in [0.717, 1.165) is 0 Å². The van der Waals surface area contributed by atoms with E-state index in [1.165, 1.54) is 48.5 Å². The highest BCUT2D eigenvalue weighted by atomic mass is 17.2. The molecule has 9 heteroatoms. The van der Waals surface area contributed by atoms with Gasteiger partial charge in [-0.1, -0.05) is 0 Å². The fourth-order valence-corrected chi connectivity index (χ4v) is 2.32. The van der Waals surface area contributed by atoms with Crippen molar-refractivity contribution < 1.29 is 43.2 Å². The van der Waals surface area contributed by atoms with Crippen molar-refractivity contribution in [2.24, 2.45) is 0 Å². The quantitative estimate of drug-likeness (QED) is 0.372. The molecular formula is C20H16O9. The van der Waals surface area contributed by atoms with Crippen LogP contribution in [0.2, 0.25) is 0 Å². The van der Waals surface area contributed by atoms with Crippen LogP contribution < -0.4 is 0 Å². The third-order valence-electron chi connectivity index (χ3n) is 3.80. The van der Waals surface area contributed by atoms with E-state index in [-0.39, 0.29) is 48.7 Å². The Kier molecular flexibility index (Phi) is 6.54. The summed E-state index contributed by atoms with van der Waals surface area (Å²) < 4.78 is 15.0. The first-order valence-corrected chi connectivity index (χ1v) is 8.60. The largest absolute Gasteiger partial charge is 0.459 e. The molecule has 0 radical (unpaired) electrons. The van der Waals surface area contributed by atoms with Gasteiger partial charge in [0.2, 0.25) is 0 Å². The molecule has 4 bridgehead atoms. The molecule has 4 heterocycles. The SMILES string of the molecule is O=C1OCCOOC(=O)c2ccc(cc2)C(=O)OCCOC(=O)c2ccc1cc2. The van der Waals surface area contributed by atoms with Gasteiger partial charge in [0.25, 0.3) is 0 Å². The van der Waals surface area contributed by atoms with E-state index in [1.54, 1.807) is 0 Å². The van der Waals surface area contributed by atoms with Crippen LogP contribution in [0.4, 0.5) is 0 Å². The number of esters is 3. The van der Waals surface area contributed by atoms with Crippen LogP contribution in [0.5, 0.6) is 0 Å². The highest BCUT2D eigenvalue weighted by Crippen LogP contribution is 2.10. The van der Waals surface area contributed by atoms with Crippen LogP contribution in [0.3, 0.4) is 0 Å². The standard InChI is InChI=1S/C20H16O9/c21-17-13-1-3-14(4-2-13)19(23)27-11-12-28-29-20(24)16-7-5-15(6-8-16)18(22)26-10-9-25-17/h1-8H,9-12H2. The van der Waals surface area contributed by atoms with Crippen molar-refractivity contribution in [3.05, 3.63) is 70.8 Å². The fraction of sp³-hybridized carbons (Fsp3) is 0.200. The van der Waals surface area contributed by atoms with E-state index in [0.29, 0.717) is 0 Å². The number of hydrogen-bond donors (Lipinski definition) is 0. The number of rotatable bonds is 0. The maximum atomic E-state index is 12.0. The van der Waals surface area contributed by atoms with Crippen LogP contribution in [0.25, 0.3) is 0 Å². The number of benzene rings is 2. The Morgan fingerprint density at radius 1 is 0.448 bits per heavy atom. The van der Waals surface area contributed by atoms with E-state index in [2.05, 4.69) is 4.89 Å². The van der Waals surface area contributed by atoms with E-state index in [4.69, 9.17) is 19.1 Å². The average molecular weight is 400 g/mol. The van der Waals surface area contributed by atoms with Crippen LogP contribution in [0.15, 0.2) is 48.5 Å². The molecule has 0 aliphatic carbocycles. The molecular weight excluding hydrogens is 384 g/mol. The lowest BCUT2D eigenvalue weighted by Crippen LogP contribution is -2.14. The summed E-state index contributed by atoms with van der Waals surface area (Å²) in [5, 5.41) is 0. The van der Waals surface area contributed by atoms with Gasteiger partial charge in [0.05, 0.1) is 22.3 Å². The second-order valence-corrected chi connectivity index (χ2v) is 5.76. The first-order valence-electron chi connectivity index (χ1n) is 8.60. The summed E-state index contributed by atoms with van der Waals surface area (Å²) in [4.78, 5) is 57.1. The molecule has 29 heavy (non-hydrogen) atoms. The van der Waals surface area contributed by atoms with Crippen molar-refractivity contribution in [3.8, 4) is 0 Å². The van der Waals surface area contributed by atoms with E-state index in [9.17, 15) is 19.2 Å². The molecule has 0 aromatic heterocycles. The third-order valence-corrected chi connectivity index (χ3v) is 3.80. The zero-order chi connectivity index (χ0) is 20.6. The second-order valence-electron chi connectivity index (χ2n) is 5.76. The van der Waals surface area contributed by atoms with Gasteiger partial charge < -0.3 is 14.2 Å². The summed E-state index contributed by atoms with van der Waals surface area (Å²) in [6.45, 7) is -0.615. The molecule has 4 aliphatic rings. The Morgan fingerprint density at radius 2 is 0.759 bits per heavy atom. The van der Waals surface area contributed by atoms with Gasteiger partial charge in [0.15, 0.2) is 0 Å². The Morgan fingerprint density at radius 3 is 1.14 bits per heavy atom. The van der Waals surface area contributed by atoms with Crippen LogP contribution in [0, 0.1) is 0 Å². The molecule has 0 spiro atoms. The van der Waals surface area contributed by atoms with Gasteiger partial charge in [-0.05, 0) is 48.5 Å². The summed E-state index contributed by atoms with van der Waals surface area (Å²) in [5.74, 6) is -2.67. The summed E-state index contributed by atoms with van der Waals surface area (Å²) in [7, 11) is 0. The van der Waals surface area contributed by atoms with Gasteiger partial charge in [-0.25, -0.2) is 19.2 Å². The molecule has 0 atom stereocenters. The molecule has 0 saturated carbocycles. The number of hydrogen-bond acceptors (Lipinski definition) is 9. The summed E-state index contributed by atoms with van der Waals surface area (Å²) >= 11 is 0. The minimum atomic E-state index is -0.773. The molecule has 0 N–H and O–H groups in total. The van der Waals surface area contributed by atoms with Crippen molar-refractivity contribution in [3.63, 3.8) is 0 Å². The molecule has 0 amide bonds. The lowest BCUT2D eigenvalue weighted by Gasteiger charge is -2.07. The van der Waals surface area contributed by atoms with Gasteiger partial charge in [-0.3, -0.25) is 4.89 Å². The van der Waals surface area contributed by atoms with Gasteiger partial charge in [0.1, 0.15) is 26.4 Å². The molecule has 4 aliphatic heterocycles. The maximum absolute atomic E-state index is 12.0. The minimum Gasteiger partial charge on any atom is -0.459 e. The third kappa shape index (κ3) is 5.39. The highest BCUT2D eigenvalue weighted by Gasteiger charge is 2.14. The van der Waals surface area contributed by atoms with E-state index >= 15 is 0 Å². The predicted molar refractivity (Wildman–Crippen MR) is 95.1 cm³/mol. The van der Waals surface area contributed by atoms with Crippen LogP contribution in [0.1, 0.15) is 41.4 Å². The van der Waals surface area contributed by atoms with Crippen molar-refractivity contribution in [2.45, 2.75) is 0 Å². The molecule has 0 fully saturated rings. The van der Waals surface area contributed by atoms with Crippen molar-refractivity contribution in [1.82, 2.24) is 0 Å². The molecule has 2 aromatic rings. The fourth-order valence-electron chi connectivity index (χ4n) is 2.32. The summed E-state index contributed by atoms with van der Waals surface area (Å²) in [5.41, 5.74) is 0.809. The van der Waals surface area contributed by atoms with Crippen molar-refractivity contribution in [2.75, 3.05) is 26.4 Å². The number of ether oxygens (including phenoxy) is 3. The van der Waals surface area contributed by atoms with Crippen molar-refractivity contribution in [1.29, 1.82) is 0 Å². The first kappa shape index (κ1) is 20.0. The Hall–Kier alpha value is -3.72. The van der Waals surface area contributed by atoms with Crippen LogP contribution in [-0.4, -0.2) is 50.3 Å². The normalized spacial score (nSPS) is 16.3. The summed E-state index contributed by atoms with van der Waals surface area (Å²) in [6, 6.07) is 11.1. The molecule has 6 rings (SSSR count). The zero-order valence-electron chi connectivity index (χ0n) is 15.1. The molecule has 9 nitrogen and oxygen atoms in total. The lowest BCUT2D eigenvalue weighted by molar-refractivity contribution is -0.244. The number of carbonyl (C=O) groups excluding carboxylic acids is 4. The molecule has 0 saturated heterocycles. The van der Waals surface area contributed by atoms with Crippen LogP contribution >= 0.6 is 0 Å². The average Bonchev–Trinajstić information content (AvgIpc) is 2.75. The Balaban J connectivity index is 1.71. The smallest absolute Gasteiger partial charge is 0.373 e. The van der Waals surface area contributed by atoms with Crippen molar-refractivity contribution >= 4 is 23.9 Å². The van der Waals surface area contributed by atoms with E-state index in [1.807, 2.05) is 0 Å². The lowest BCUT2D eigenvalue weighted by atomic mass is 10.1.